The van der Waals surface area contributed by atoms with Crippen LogP contribution in [-0.4, -0.2) is 12.1 Å². The summed E-state index contributed by atoms with van der Waals surface area (Å²) in [5, 5.41) is 0. The van der Waals surface area contributed by atoms with Gasteiger partial charge in [0.1, 0.15) is 18.1 Å². The van der Waals surface area contributed by atoms with Crippen molar-refractivity contribution in [3.63, 3.8) is 0 Å². The molecule has 0 aliphatic heterocycles. The molecule has 0 fully saturated rings. The lowest BCUT2D eigenvalue weighted by Crippen LogP contribution is -1.97. The van der Waals surface area contributed by atoms with Crippen molar-refractivity contribution in [3.05, 3.63) is 72.6 Å². The smallest absolute Gasteiger partial charge is 0.129 e. The third-order valence-corrected chi connectivity index (χ3v) is 3.49. The van der Waals surface area contributed by atoms with Gasteiger partial charge in [0.05, 0.1) is 7.11 Å². The van der Waals surface area contributed by atoms with Gasteiger partial charge < -0.3 is 15.2 Å². The zero-order valence-corrected chi connectivity index (χ0v) is 12.9. The summed E-state index contributed by atoms with van der Waals surface area (Å²) in [5.74, 6) is 1.47. The molecule has 2 N–H and O–H groups in total. The van der Waals surface area contributed by atoms with Crippen LogP contribution in [-0.2, 0) is 6.61 Å². The second kappa shape index (κ2) is 6.83. The van der Waals surface area contributed by atoms with Crippen molar-refractivity contribution in [1.29, 1.82) is 0 Å². The van der Waals surface area contributed by atoms with Gasteiger partial charge in [-0.3, -0.25) is 4.98 Å². The average molecular weight is 306 g/mol. The lowest BCUT2D eigenvalue weighted by molar-refractivity contribution is 0.306. The van der Waals surface area contributed by atoms with Gasteiger partial charge in [0, 0.05) is 29.7 Å². The quantitative estimate of drug-likeness (QED) is 0.726. The number of benzene rings is 2. The van der Waals surface area contributed by atoms with Crippen molar-refractivity contribution < 1.29 is 9.47 Å². The molecule has 0 saturated heterocycles. The van der Waals surface area contributed by atoms with E-state index in [-0.39, 0.29) is 0 Å². The molecule has 3 rings (SSSR count). The highest BCUT2D eigenvalue weighted by atomic mass is 16.5. The van der Waals surface area contributed by atoms with Gasteiger partial charge in [-0.15, -0.1) is 0 Å². The van der Waals surface area contributed by atoms with Gasteiger partial charge in [0.2, 0.25) is 0 Å². The van der Waals surface area contributed by atoms with Crippen molar-refractivity contribution in [2.24, 2.45) is 0 Å². The number of pyridine rings is 1. The van der Waals surface area contributed by atoms with E-state index in [4.69, 9.17) is 15.2 Å². The summed E-state index contributed by atoms with van der Waals surface area (Å²) in [7, 11) is 1.64. The number of nitrogens with zero attached hydrogens (tertiary/aromatic N) is 1. The third kappa shape index (κ3) is 3.61. The van der Waals surface area contributed by atoms with Crippen LogP contribution in [0.5, 0.6) is 11.5 Å². The first kappa shape index (κ1) is 14.9. The van der Waals surface area contributed by atoms with Crippen LogP contribution >= 0.6 is 0 Å². The maximum absolute atomic E-state index is 6.02. The fraction of sp³-hybridized carbons (Fsp3) is 0.105. The molecule has 23 heavy (non-hydrogen) atoms. The summed E-state index contributed by atoms with van der Waals surface area (Å²) < 4.78 is 11.3. The number of ether oxygens (including phenoxy) is 2. The van der Waals surface area contributed by atoms with Gasteiger partial charge in [0.25, 0.3) is 0 Å². The minimum Gasteiger partial charge on any atom is -0.496 e. The standard InChI is InChI=1S/C19H18N2O2/c1-22-19-7-8-21-12-18(19)15-9-16(20)11-17(10-15)23-13-14-5-3-2-4-6-14/h2-12H,13,20H2,1H3. The van der Waals surface area contributed by atoms with Gasteiger partial charge in [-0.25, -0.2) is 0 Å². The first-order chi connectivity index (χ1) is 11.3. The van der Waals surface area contributed by atoms with E-state index < -0.39 is 0 Å². The number of nitrogens with two attached hydrogens (primary N) is 1. The summed E-state index contributed by atoms with van der Waals surface area (Å²) in [6.45, 7) is 0.494. The first-order valence-electron chi connectivity index (χ1n) is 7.32. The molecular formula is C19H18N2O2. The van der Waals surface area contributed by atoms with E-state index in [1.54, 1.807) is 19.5 Å². The zero-order valence-electron chi connectivity index (χ0n) is 12.9. The Hall–Kier alpha value is -3.01. The average Bonchev–Trinajstić information content (AvgIpc) is 2.60. The SMILES string of the molecule is COc1ccncc1-c1cc(N)cc(OCc2ccccc2)c1. The van der Waals surface area contributed by atoms with Gasteiger partial charge in [-0.1, -0.05) is 30.3 Å². The minimum atomic E-state index is 0.494. The Balaban J connectivity index is 1.87. The van der Waals surface area contributed by atoms with E-state index >= 15 is 0 Å². The van der Waals surface area contributed by atoms with E-state index in [2.05, 4.69) is 4.98 Å². The molecule has 0 atom stereocenters. The number of rotatable bonds is 5. The fourth-order valence-corrected chi connectivity index (χ4v) is 2.38. The summed E-state index contributed by atoms with van der Waals surface area (Å²) in [4.78, 5) is 4.16. The molecule has 0 amide bonds. The summed E-state index contributed by atoms with van der Waals surface area (Å²) in [5.41, 5.74) is 9.55. The van der Waals surface area contributed by atoms with Crippen LogP contribution in [0.3, 0.4) is 0 Å². The molecule has 0 aliphatic rings. The molecule has 3 aromatic rings. The number of hydrogen-bond acceptors (Lipinski definition) is 4. The van der Waals surface area contributed by atoms with Gasteiger partial charge in [0.15, 0.2) is 0 Å². The Labute approximate surface area is 135 Å². The first-order valence-corrected chi connectivity index (χ1v) is 7.32. The van der Waals surface area contributed by atoms with Crippen LogP contribution < -0.4 is 15.2 Å². The fourth-order valence-electron chi connectivity index (χ4n) is 2.38. The van der Waals surface area contributed by atoms with Crippen LogP contribution in [0.15, 0.2) is 67.0 Å². The molecule has 0 radical (unpaired) electrons. The molecule has 4 nitrogen and oxygen atoms in total. The van der Waals surface area contributed by atoms with Crippen molar-refractivity contribution in [2.75, 3.05) is 12.8 Å². The minimum absolute atomic E-state index is 0.494. The van der Waals surface area contributed by atoms with Crippen molar-refractivity contribution in [3.8, 4) is 22.6 Å². The second-order valence-corrected chi connectivity index (χ2v) is 5.14. The molecule has 0 unspecified atom stereocenters. The Morgan fingerprint density at radius 2 is 1.87 bits per heavy atom. The number of aromatic nitrogens is 1. The van der Waals surface area contributed by atoms with Crippen LogP contribution in [0.1, 0.15) is 5.56 Å². The molecule has 2 aromatic carbocycles. The highest BCUT2D eigenvalue weighted by molar-refractivity contribution is 5.73. The van der Waals surface area contributed by atoms with Gasteiger partial charge in [-0.2, -0.15) is 0 Å². The highest BCUT2D eigenvalue weighted by Crippen LogP contribution is 2.33. The van der Waals surface area contributed by atoms with E-state index in [0.29, 0.717) is 12.3 Å². The van der Waals surface area contributed by atoms with E-state index in [1.165, 1.54) is 0 Å². The second-order valence-electron chi connectivity index (χ2n) is 5.14. The lowest BCUT2D eigenvalue weighted by Gasteiger charge is -2.12. The Morgan fingerprint density at radius 1 is 1.04 bits per heavy atom. The number of nitrogen functional groups attached to an aromatic ring is 1. The van der Waals surface area contributed by atoms with Crippen LogP contribution in [0.25, 0.3) is 11.1 Å². The maximum atomic E-state index is 6.02. The largest absolute Gasteiger partial charge is 0.496 e. The summed E-state index contributed by atoms with van der Waals surface area (Å²) >= 11 is 0. The molecule has 116 valence electrons. The van der Waals surface area contributed by atoms with Crippen LogP contribution in [0, 0.1) is 0 Å². The van der Waals surface area contributed by atoms with E-state index in [0.717, 1.165) is 28.2 Å². The van der Waals surface area contributed by atoms with E-state index in [1.807, 2.05) is 54.6 Å². The number of methoxy groups -OCH3 is 1. The van der Waals surface area contributed by atoms with Crippen LogP contribution in [0.4, 0.5) is 5.69 Å². The maximum Gasteiger partial charge on any atom is 0.129 e. The number of anilines is 1. The molecule has 0 spiro atoms. The molecule has 1 heterocycles. The Kier molecular flexibility index (Phi) is 4.43. The van der Waals surface area contributed by atoms with Crippen molar-refractivity contribution in [1.82, 2.24) is 4.98 Å². The topological polar surface area (TPSA) is 57.4 Å². The van der Waals surface area contributed by atoms with Crippen molar-refractivity contribution in [2.45, 2.75) is 6.61 Å². The predicted octanol–water partition coefficient (Wildman–Crippen LogP) is 3.92. The predicted molar refractivity (Wildman–Crippen MR) is 91.4 cm³/mol. The monoisotopic (exact) mass is 306 g/mol. The molecule has 1 aromatic heterocycles. The van der Waals surface area contributed by atoms with Crippen molar-refractivity contribution >= 4 is 5.69 Å². The normalized spacial score (nSPS) is 10.3. The molecular weight excluding hydrogens is 288 g/mol. The lowest BCUT2D eigenvalue weighted by atomic mass is 10.1. The zero-order chi connectivity index (χ0) is 16.1. The molecule has 0 saturated carbocycles. The van der Waals surface area contributed by atoms with Gasteiger partial charge >= 0.3 is 0 Å². The summed E-state index contributed by atoms with van der Waals surface area (Å²) in [6.07, 6.45) is 3.45. The Morgan fingerprint density at radius 3 is 2.65 bits per heavy atom. The number of hydrogen-bond donors (Lipinski definition) is 1. The highest BCUT2D eigenvalue weighted by Gasteiger charge is 2.08. The van der Waals surface area contributed by atoms with Crippen LogP contribution in [0.2, 0.25) is 0 Å². The Bertz CT molecular complexity index is 788. The molecule has 0 aliphatic carbocycles. The molecule has 4 heteroatoms. The summed E-state index contributed by atoms with van der Waals surface area (Å²) in [6, 6.07) is 17.5. The third-order valence-electron chi connectivity index (χ3n) is 3.49. The molecule has 0 bridgehead atoms. The van der Waals surface area contributed by atoms with Gasteiger partial charge in [-0.05, 0) is 29.3 Å². The van der Waals surface area contributed by atoms with E-state index in [9.17, 15) is 0 Å².